The number of nitriles is 1. The second-order valence-electron chi connectivity index (χ2n) is 4.85. The summed E-state index contributed by atoms with van der Waals surface area (Å²) >= 11 is 0. The van der Waals surface area contributed by atoms with Gasteiger partial charge in [0.25, 0.3) is 0 Å². The molecule has 0 bridgehead atoms. The molecule has 0 aliphatic heterocycles. The molecule has 0 radical (unpaired) electrons. The predicted molar refractivity (Wildman–Crippen MR) is 73.4 cm³/mol. The molecular formula is C14H16N4O3. The van der Waals surface area contributed by atoms with E-state index in [1.165, 1.54) is 12.3 Å². The molecule has 0 spiro atoms. The van der Waals surface area contributed by atoms with Gasteiger partial charge < -0.3 is 15.3 Å². The maximum Gasteiger partial charge on any atom is 0.354 e. The van der Waals surface area contributed by atoms with E-state index in [0.717, 1.165) is 18.4 Å². The van der Waals surface area contributed by atoms with Gasteiger partial charge in [-0.2, -0.15) is 5.26 Å². The highest BCUT2D eigenvalue weighted by molar-refractivity contribution is 5.85. The number of amides is 2. The second-order valence-corrected chi connectivity index (χ2v) is 4.85. The Morgan fingerprint density at radius 2 is 2.24 bits per heavy atom. The second kappa shape index (κ2) is 6.70. The van der Waals surface area contributed by atoms with E-state index in [-0.39, 0.29) is 24.3 Å². The third-order valence-corrected chi connectivity index (χ3v) is 3.20. The molecule has 1 fully saturated rings. The molecule has 1 heterocycles. The number of nitrogens with zero attached hydrogens (tertiary/aromatic N) is 3. The van der Waals surface area contributed by atoms with E-state index in [1.807, 2.05) is 6.07 Å². The fraction of sp³-hybridized carbons (Fsp3) is 0.429. The van der Waals surface area contributed by atoms with Crippen molar-refractivity contribution in [3.63, 3.8) is 0 Å². The molecule has 2 N–H and O–H groups in total. The van der Waals surface area contributed by atoms with Crippen molar-refractivity contribution in [2.24, 2.45) is 0 Å². The van der Waals surface area contributed by atoms with Crippen molar-refractivity contribution in [1.29, 1.82) is 5.26 Å². The van der Waals surface area contributed by atoms with Crippen molar-refractivity contribution in [2.75, 3.05) is 6.54 Å². The van der Waals surface area contributed by atoms with Gasteiger partial charge in [-0.15, -0.1) is 0 Å². The van der Waals surface area contributed by atoms with E-state index >= 15 is 0 Å². The van der Waals surface area contributed by atoms with Crippen LogP contribution in [0.3, 0.4) is 0 Å². The van der Waals surface area contributed by atoms with Gasteiger partial charge >= 0.3 is 12.0 Å². The van der Waals surface area contributed by atoms with Crippen LogP contribution in [-0.4, -0.2) is 39.6 Å². The lowest BCUT2D eigenvalue weighted by Crippen LogP contribution is -2.41. The van der Waals surface area contributed by atoms with Crippen molar-refractivity contribution in [1.82, 2.24) is 15.2 Å². The number of carbonyl (C=O) groups excluding carboxylic acids is 1. The summed E-state index contributed by atoms with van der Waals surface area (Å²) in [6, 6.07) is 5.10. The zero-order chi connectivity index (χ0) is 15.2. The lowest BCUT2D eigenvalue weighted by molar-refractivity contribution is 0.0690. The number of urea groups is 1. The molecule has 21 heavy (non-hydrogen) atoms. The van der Waals surface area contributed by atoms with Gasteiger partial charge in [0.15, 0.2) is 0 Å². The SMILES string of the molecule is N#CCCN(C(=O)NCc1ccc(C(=O)O)nc1)C1CC1. The Hall–Kier alpha value is -2.62. The maximum absolute atomic E-state index is 12.1. The number of carboxylic acid groups (broad SMARTS) is 1. The monoisotopic (exact) mass is 288 g/mol. The minimum absolute atomic E-state index is 0.0290. The normalized spacial score (nSPS) is 13.3. The average Bonchev–Trinajstić information content (AvgIpc) is 3.30. The minimum Gasteiger partial charge on any atom is -0.477 e. The maximum atomic E-state index is 12.1. The molecule has 0 atom stereocenters. The lowest BCUT2D eigenvalue weighted by atomic mass is 10.2. The summed E-state index contributed by atoms with van der Waals surface area (Å²) in [6.07, 6.45) is 3.71. The van der Waals surface area contributed by atoms with Gasteiger partial charge in [0, 0.05) is 25.3 Å². The first-order valence-corrected chi connectivity index (χ1v) is 6.71. The molecule has 110 valence electrons. The van der Waals surface area contributed by atoms with Crippen molar-refractivity contribution in [3.8, 4) is 6.07 Å². The molecule has 2 rings (SSSR count). The van der Waals surface area contributed by atoms with Crippen LogP contribution in [0.4, 0.5) is 4.79 Å². The van der Waals surface area contributed by atoms with Crippen molar-refractivity contribution >= 4 is 12.0 Å². The Morgan fingerprint density at radius 1 is 1.48 bits per heavy atom. The predicted octanol–water partition coefficient (Wildman–Crippen LogP) is 1.37. The zero-order valence-corrected chi connectivity index (χ0v) is 11.5. The van der Waals surface area contributed by atoms with Crippen molar-refractivity contribution in [3.05, 3.63) is 29.6 Å². The zero-order valence-electron chi connectivity index (χ0n) is 11.5. The van der Waals surface area contributed by atoms with Gasteiger partial charge in [-0.3, -0.25) is 0 Å². The third kappa shape index (κ3) is 4.18. The van der Waals surface area contributed by atoms with Crippen molar-refractivity contribution < 1.29 is 14.7 Å². The minimum atomic E-state index is -1.08. The summed E-state index contributed by atoms with van der Waals surface area (Å²) in [5, 5.41) is 20.1. The van der Waals surface area contributed by atoms with E-state index in [0.29, 0.717) is 13.0 Å². The molecule has 1 aromatic heterocycles. The van der Waals surface area contributed by atoms with Crippen LogP contribution in [0.1, 0.15) is 35.3 Å². The van der Waals surface area contributed by atoms with Gasteiger partial charge in [0.1, 0.15) is 5.69 Å². The summed E-state index contributed by atoms with van der Waals surface area (Å²) in [4.78, 5) is 28.2. The van der Waals surface area contributed by atoms with Gasteiger partial charge in [-0.25, -0.2) is 14.6 Å². The van der Waals surface area contributed by atoms with Crippen LogP contribution >= 0.6 is 0 Å². The first-order chi connectivity index (χ1) is 10.1. The number of aromatic nitrogens is 1. The highest BCUT2D eigenvalue weighted by Gasteiger charge is 2.31. The molecule has 7 nitrogen and oxygen atoms in total. The number of hydrogen-bond donors (Lipinski definition) is 2. The Kier molecular flexibility index (Phi) is 4.72. The molecule has 1 saturated carbocycles. The van der Waals surface area contributed by atoms with Crippen LogP contribution in [0, 0.1) is 11.3 Å². The molecule has 0 aromatic carbocycles. The highest BCUT2D eigenvalue weighted by atomic mass is 16.4. The van der Waals surface area contributed by atoms with Gasteiger partial charge in [0.05, 0.1) is 12.5 Å². The highest BCUT2D eigenvalue weighted by Crippen LogP contribution is 2.26. The van der Waals surface area contributed by atoms with Crippen molar-refractivity contribution in [2.45, 2.75) is 31.8 Å². The first kappa shape index (κ1) is 14.8. The van der Waals surface area contributed by atoms with Gasteiger partial charge in [-0.05, 0) is 24.5 Å². The Bertz CT molecular complexity index is 561. The van der Waals surface area contributed by atoms with E-state index in [1.54, 1.807) is 11.0 Å². The quantitative estimate of drug-likeness (QED) is 0.822. The number of carboxylic acids is 1. The van der Waals surface area contributed by atoms with Crippen LogP contribution in [0.2, 0.25) is 0 Å². The fourth-order valence-electron chi connectivity index (χ4n) is 1.94. The third-order valence-electron chi connectivity index (χ3n) is 3.20. The summed E-state index contributed by atoms with van der Waals surface area (Å²) in [7, 11) is 0. The van der Waals surface area contributed by atoms with Crippen LogP contribution < -0.4 is 5.32 Å². The van der Waals surface area contributed by atoms with Crippen LogP contribution in [0.5, 0.6) is 0 Å². The largest absolute Gasteiger partial charge is 0.477 e. The molecule has 1 aliphatic rings. The number of aromatic carboxylic acids is 1. The standard InChI is InChI=1S/C14H16N4O3/c15-6-1-7-18(11-3-4-11)14(21)17-9-10-2-5-12(13(19)20)16-8-10/h2,5,8,11H,1,3-4,7,9H2,(H,17,21)(H,19,20). The smallest absolute Gasteiger partial charge is 0.354 e. The van der Waals surface area contributed by atoms with Crippen LogP contribution in [0.15, 0.2) is 18.3 Å². The summed E-state index contributed by atoms with van der Waals surface area (Å²) in [5.41, 5.74) is 0.697. The number of hydrogen-bond acceptors (Lipinski definition) is 4. The average molecular weight is 288 g/mol. The first-order valence-electron chi connectivity index (χ1n) is 6.71. The van der Waals surface area contributed by atoms with Gasteiger partial charge in [0.2, 0.25) is 0 Å². The molecule has 2 amide bonds. The molecule has 0 saturated heterocycles. The van der Waals surface area contributed by atoms with E-state index in [4.69, 9.17) is 10.4 Å². The number of pyridine rings is 1. The Balaban J connectivity index is 1.87. The van der Waals surface area contributed by atoms with E-state index in [2.05, 4.69) is 10.3 Å². The molecule has 7 heteroatoms. The van der Waals surface area contributed by atoms with Gasteiger partial charge in [-0.1, -0.05) is 6.07 Å². The van der Waals surface area contributed by atoms with E-state index < -0.39 is 5.97 Å². The summed E-state index contributed by atoms with van der Waals surface area (Å²) in [5.74, 6) is -1.08. The summed E-state index contributed by atoms with van der Waals surface area (Å²) < 4.78 is 0. The number of rotatable bonds is 6. The molecular weight excluding hydrogens is 272 g/mol. The molecule has 1 aliphatic carbocycles. The van der Waals surface area contributed by atoms with E-state index in [9.17, 15) is 9.59 Å². The molecule has 1 aromatic rings. The number of carbonyl (C=O) groups is 2. The molecule has 0 unspecified atom stereocenters. The summed E-state index contributed by atoms with van der Waals surface area (Å²) in [6.45, 7) is 0.713. The fourth-order valence-corrected chi connectivity index (χ4v) is 1.94. The topological polar surface area (TPSA) is 106 Å². The Morgan fingerprint density at radius 3 is 2.76 bits per heavy atom. The Labute approximate surface area is 122 Å². The van der Waals surface area contributed by atoms with Crippen LogP contribution in [-0.2, 0) is 6.54 Å². The lowest BCUT2D eigenvalue weighted by Gasteiger charge is -2.21. The van der Waals surface area contributed by atoms with Crippen LogP contribution in [0.25, 0.3) is 0 Å². The number of nitrogens with one attached hydrogen (secondary N) is 1.